The second-order valence-electron chi connectivity index (χ2n) is 9.22. The zero-order chi connectivity index (χ0) is 22.3. The number of ether oxygens (including phenoxy) is 3. The Hall–Kier alpha value is -2.14. The first-order valence-electron chi connectivity index (χ1n) is 11.7. The molecule has 3 fully saturated rings. The number of anilines is 2. The molecule has 4 aliphatic rings. The maximum absolute atomic E-state index is 10.1. The predicted molar refractivity (Wildman–Crippen MR) is 123 cm³/mol. The highest BCUT2D eigenvalue weighted by Crippen LogP contribution is 2.43. The van der Waals surface area contributed by atoms with Crippen LogP contribution in [0.2, 0.25) is 0 Å². The van der Waals surface area contributed by atoms with E-state index in [1.54, 1.807) is 6.20 Å². The van der Waals surface area contributed by atoms with Gasteiger partial charge in [0.25, 0.3) is 0 Å². The van der Waals surface area contributed by atoms with Gasteiger partial charge in [0, 0.05) is 32.4 Å². The molecule has 2 aromatic heterocycles. The molecule has 3 saturated heterocycles. The van der Waals surface area contributed by atoms with E-state index in [1.165, 1.54) is 11.8 Å². The summed E-state index contributed by atoms with van der Waals surface area (Å²) < 4.78 is 17.3. The minimum atomic E-state index is -0.137. The lowest BCUT2D eigenvalue weighted by molar-refractivity contribution is 0.0689. The largest absolute Gasteiger partial charge is 0.486 e. The third-order valence-corrected chi connectivity index (χ3v) is 8.19. The van der Waals surface area contributed by atoms with E-state index in [1.807, 2.05) is 12.3 Å². The molecule has 4 aliphatic heterocycles. The maximum atomic E-state index is 10.1. The Morgan fingerprint density at radius 3 is 2.79 bits per heavy atom. The van der Waals surface area contributed by atoms with Crippen molar-refractivity contribution in [2.24, 2.45) is 5.41 Å². The summed E-state index contributed by atoms with van der Waals surface area (Å²) in [7, 11) is 0. The molecule has 6 heterocycles. The molecule has 9 nitrogen and oxygen atoms in total. The van der Waals surface area contributed by atoms with Gasteiger partial charge >= 0.3 is 0 Å². The fourth-order valence-electron chi connectivity index (χ4n) is 5.26. The highest BCUT2D eigenvalue weighted by molar-refractivity contribution is 7.99. The number of aliphatic hydroxyl groups is 1. The van der Waals surface area contributed by atoms with Gasteiger partial charge in [-0.1, -0.05) is 11.8 Å². The number of fused-ring (bicyclic) bond motifs is 3. The maximum Gasteiger partial charge on any atom is 0.175 e. The minimum absolute atomic E-state index is 0.137. The van der Waals surface area contributed by atoms with Crippen molar-refractivity contribution >= 4 is 23.4 Å². The summed E-state index contributed by atoms with van der Waals surface area (Å²) in [5, 5.41) is 10.8. The second-order valence-corrected chi connectivity index (χ2v) is 10.3. The van der Waals surface area contributed by atoms with Crippen molar-refractivity contribution in [3.63, 3.8) is 0 Å². The highest BCUT2D eigenvalue weighted by Gasteiger charge is 2.39. The summed E-state index contributed by atoms with van der Waals surface area (Å²) in [5.74, 6) is 2.45. The molecular formula is C23H29N5O4S. The molecule has 6 rings (SSSR count). The third kappa shape index (κ3) is 4.03. The summed E-state index contributed by atoms with van der Waals surface area (Å²) >= 11 is 1.50. The Morgan fingerprint density at radius 1 is 1.06 bits per heavy atom. The number of piperidine rings is 1. The average Bonchev–Trinajstić information content (AvgIpc) is 3.32. The Labute approximate surface area is 197 Å². The molecule has 0 aromatic carbocycles. The summed E-state index contributed by atoms with van der Waals surface area (Å²) in [5.41, 5.74) is 0.953. The van der Waals surface area contributed by atoms with E-state index >= 15 is 0 Å². The molecule has 176 valence electrons. The van der Waals surface area contributed by atoms with Gasteiger partial charge in [0.2, 0.25) is 0 Å². The fourth-order valence-corrected chi connectivity index (χ4v) is 6.12. The normalized spacial score (nSPS) is 23.8. The van der Waals surface area contributed by atoms with Crippen LogP contribution in [-0.2, 0) is 16.1 Å². The molecule has 0 saturated carbocycles. The summed E-state index contributed by atoms with van der Waals surface area (Å²) in [6.45, 7) is 6.22. The smallest absolute Gasteiger partial charge is 0.175 e. The van der Waals surface area contributed by atoms with Crippen LogP contribution in [0.25, 0.3) is 0 Å². The molecule has 1 spiro atoms. The molecule has 2 aromatic rings. The molecule has 0 bridgehead atoms. The lowest BCUT2D eigenvalue weighted by atomic mass is 9.78. The minimum Gasteiger partial charge on any atom is -0.486 e. The number of rotatable bonds is 4. The molecule has 1 unspecified atom stereocenters. The van der Waals surface area contributed by atoms with Crippen LogP contribution in [0.3, 0.4) is 0 Å². The van der Waals surface area contributed by atoms with Crippen LogP contribution in [0.5, 0.6) is 5.75 Å². The van der Waals surface area contributed by atoms with Crippen molar-refractivity contribution < 1.29 is 19.3 Å². The Bertz CT molecular complexity index is 1010. The van der Waals surface area contributed by atoms with E-state index in [4.69, 9.17) is 24.2 Å². The van der Waals surface area contributed by atoms with E-state index in [0.717, 1.165) is 79.4 Å². The third-order valence-electron chi connectivity index (χ3n) is 7.24. The second kappa shape index (κ2) is 8.90. The first-order chi connectivity index (χ1) is 16.2. The lowest BCUT2D eigenvalue weighted by Crippen LogP contribution is -2.51. The number of hydrogen-bond donors (Lipinski definition) is 1. The summed E-state index contributed by atoms with van der Waals surface area (Å²) in [6.07, 6.45) is 6.96. The SMILES string of the molecule is OCc1nc(Sc2ccnc3c2OCC2COCCN32)cnc1N1CCC2(CCOC2)CC1. The van der Waals surface area contributed by atoms with E-state index in [2.05, 4.69) is 14.8 Å². The van der Waals surface area contributed by atoms with Crippen LogP contribution in [-0.4, -0.2) is 78.8 Å². The monoisotopic (exact) mass is 471 g/mol. The first kappa shape index (κ1) is 21.4. The molecule has 0 radical (unpaired) electrons. The topological polar surface area (TPSA) is 93.1 Å². The van der Waals surface area contributed by atoms with Gasteiger partial charge in [-0.25, -0.2) is 15.0 Å². The van der Waals surface area contributed by atoms with Gasteiger partial charge in [0.1, 0.15) is 17.3 Å². The van der Waals surface area contributed by atoms with Gasteiger partial charge in [0.05, 0.1) is 43.6 Å². The number of aliphatic hydroxyl groups excluding tert-OH is 1. The first-order valence-corrected chi connectivity index (χ1v) is 12.5. The fraction of sp³-hybridized carbons (Fsp3) is 0.609. The van der Waals surface area contributed by atoms with Gasteiger partial charge in [-0.3, -0.25) is 0 Å². The Balaban J connectivity index is 1.21. The Kier molecular flexibility index (Phi) is 5.77. The standard InChI is InChI=1S/C23H29N5O4S/c29-12-17-21(27-6-2-23(3-7-27)4-9-31-15-23)25-11-19(26-17)33-18-1-5-24-22-20(18)32-14-16-13-30-10-8-28(16)22/h1,5,11,16,29H,2-4,6-10,12-15H2. The van der Waals surface area contributed by atoms with Crippen LogP contribution in [0, 0.1) is 5.41 Å². The van der Waals surface area contributed by atoms with Crippen molar-refractivity contribution in [1.82, 2.24) is 15.0 Å². The van der Waals surface area contributed by atoms with Crippen molar-refractivity contribution in [3.05, 3.63) is 24.2 Å². The van der Waals surface area contributed by atoms with Crippen LogP contribution in [0.15, 0.2) is 28.4 Å². The van der Waals surface area contributed by atoms with Crippen molar-refractivity contribution in [2.45, 2.75) is 41.8 Å². The van der Waals surface area contributed by atoms with Crippen molar-refractivity contribution in [3.8, 4) is 5.75 Å². The number of aromatic nitrogens is 3. The van der Waals surface area contributed by atoms with E-state index in [9.17, 15) is 5.11 Å². The van der Waals surface area contributed by atoms with Crippen molar-refractivity contribution in [1.29, 1.82) is 0 Å². The van der Waals surface area contributed by atoms with Crippen LogP contribution >= 0.6 is 11.8 Å². The van der Waals surface area contributed by atoms with E-state index in [-0.39, 0.29) is 12.6 Å². The quantitative estimate of drug-likeness (QED) is 0.715. The zero-order valence-corrected chi connectivity index (χ0v) is 19.4. The van der Waals surface area contributed by atoms with Crippen LogP contribution in [0.1, 0.15) is 25.0 Å². The number of hydrogen-bond acceptors (Lipinski definition) is 10. The number of nitrogens with zero attached hydrogens (tertiary/aromatic N) is 5. The number of morpholine rings is 1. The lowest BCUT2D eigenvalue weighted by Gasteiger charge is -2.40. The zero-order valence-electron chi connectivity index (χ0n) is 18.6. The van der Waals surface area contributed by atoms with Gasteiger partial charge < -0.3 is 29.1 Å². The Morgan fingerprint density at radius 2 is 1.97 bits per heavy atom. The van der Waals surface area contributed by atoms with E-state index in [0.29, 0.717) is 30.9 Å². The van der Waals surface area contributed by atoms with E-state index < -0.39 is 0 Å². The summed E-state index contributed by atoms with van der Waals surface area (Å²) in [6, 6.07) is 2.16. The number of pyridine rings is 1. The van der Waals surface area contributed by atoms with Crippen molar-refractivity contribution in [2.75, 3.05) is 62.5 Å². The average molecular weight is 472 g/mol. The molecule has 10 heteroatoms. The molecule has 0 aliphatic carbocycles. The van der Waals surface area contributed by atoms with Crippen LogP contribution in [0.4, 0.5) is 11.6 Å². The molecule has 0 amide bonds. The van der Waals surface area contributed by atoms with Crippen LogP contribution < -0.4 is 14.5 Å². The molecule has 33 heavy (non-hydrogen) atoms. The predicted octanol–water partition coefficient (Wildman–Crippen LogP) is 2.12. The highest BCUT2D eigenvalue weighted by atomic mass is 32.2. The molecular weight excluding hydrogens is 442 g/mol. The molecule has 1 N–H and O–H groups in total. The van der Waals surface area contributed by atoms with Gasteiger partial charge in [-0.15, -0.1) is 0 Å². The van der Waals surface area contributed by atoms with Gasteiger partial charge in [0.15, 0.2) is 17.4 Å². The molecule has 1 atom stereocenters. The van der Waals surface area contributed by atoms with Gasteiger partial charge in [-0.2, -0.15) is 0 Å². The summed E-state index contributed by atoms with van der Waals surface area (Å²) in [4.78, 5) is 19.6. The van der Waals surface area contributed by atoms with Gasteiger partial charge in [-0.05, 0) is 30.7 Å².